The third-order valence-corrected chi connectivity index (χ3v) is 6.84. The number of aliphatic hydroxyl groups excluding tert-OH is 1. The number of methoxy groups -OCH3 is 2. The summed E-state index contributed by atoms with van der Waals surface area (Å²) >= 11 is 0. The predicted octanol–water partition coefficient (Wildman–Crippen LogP) is 3.70. The van der Waals surface area contributed by atoms with E-state index in [1.165, 1.54) is 32.6 Å². The molecule has 3 aromatic carbocycles. The first-order valence-corrected chi connectivity index (χ1v) is 14.4. The van der Waals surface area contributed by atoms with E-state index in [4.69, 9.17) is 23.7 Å². The van der Waals surface area contributed by atoms with Gasteiger partial charge in [0.2, 0.25) is 0 Å². The van der Waals surface area contributed by atoms with Crippen LogP contribution in [-0.4, -0.2) is 61.9 Å². The third-order valence-electron chi connectivity index (χ3n) is 6.84. The molecule has 15 heteroatoms. The Kier molecular flexibility index (Phi) is 11.6. The van der Waals surface area contributed by atoms with E-state index >= 15 is 0 Å². The van der Waals surface area contributed by atoms with E-state index < -0.39 is 29.2 Å². The van der Waals surface area contributed by atoms with Crippen molar-refractivity contribution < 1.29 is 43.3 Å². The Morgan fingerprint density at radius 1 is 1.04 bits per heavy atom. The number of carbonyl (C=O) groups is 2. The minimum absolute atomic E-state index is 0.000701. The number of rotatable bonds is 15. The lowest BCUT2D eigenvalue weighted by Crippen LogP contribution is -2.45. The second-order valence-corrected chi connectivity index (χ2v) is 10.0. The summed E-state index contributed by atoms with van der Waals surface area (Å²) in [7, 11) is 2.76. The molecule has 0 fully saturated rings. The van der Waals surface area contributed by atoms with Crippen LogP contribution in [0.4, 0.5) is 10.5 Å². The van der Waals surface area contributed by atoms with Crippen LogP contribution in [0.5, 0.6) is 23.0 Å². The van der Waals surface area contributed by atoms with E-state index in [9.17, 15) is 24.8 Å². The van der Waals surface area contributed by atoms with Gasteiger partial charge in [0.05, 0.1) is 43.6 Å². The number of hydrogen-bond acceptors (Lipinski definition) is 12. The van der Waals surface area contributed by atoms with Gasteiger partial charge in [0.15, 0.2) is 29.2 Å². The molecule has 0 radical (unpaired) electrons. The number of amides is 2. The first-order chi connectivity index (χ1) is 22.6. The predicted molar refractivity (Wildman–Crippen MR) is 169 cm³/mol. The topological polar surface area (TPSA) is 192 Å². The fourth-order valence-corrected chi connectivity index (χ4v) is 4.58. The van der Waals surface area contributed by atoms with E-state index in [0.29, 0.717) is 46.4 Å². The summed E-state index contributed by atoms with van der Waals surface area (Å²) in [4.78, 5) is 35.0. The quantitative estimate of drug-likeness (QED) is 0.0617. The van der Waals surface area contributed by atoms with Crippen LogP contribution in [0.25, 0.3) is 0 Å². The zero-order valence-corrected chi connectivity index (χ0v) is 26.1. The zero-order valence-electron chi connectivity index (χ0n) is 26.1. The van der Waals surface area contributed by atoms with Gasteiger partial charge in [-0.2, -0.15) is 5.10 Å². The Bertz CT molecular complexity index is 1660. The van der Waals surface area contributed by atoms with E-state index in [1.807, 2.05) is 0 Å². The lowest BCUT2D eigenvalue weighted by Gasteiger charge is -2.28. The second-order valence-electron chi connectivity index (χ2n) is 10.0. The number of carbonyl (C=O) groups excluding carboxylic acids is 2. The van der Waals surface area contributed by atoms with Crippen molar-refractivity contribution in [2.75, 3.05) is 27.4 Å². The summed E-state index contributed by atoms with van der Waals surface area (Å²) in [6, 6.07) is 14.9. The van der Waals surface area contributed by atoms with Gasteiger partial charge in [0, 0.05) is 17.8 Å². The molecule has 0 unspecified atom stereocenters. The number of nitrogens with one attached hydrogen (secondary N) is 3. The number of urea groups is 1. The van der Waals surface area contributed by atoms with Crippen LogP contribution in [0, 0.1) is 10.1 Å². The number of nitro benzene ring substituents is 1. The molecule has 0 aromatic heterocycles. The van der Waals surface area contributed by atoms with Gasteiger partial charge in [0.25, 0.3) is 5.69 Å². The maximum absolute atomic E-state index is 12.4. The van der Waals surface area contributed by atoms with E-state index in [2.05, 4.69) is 21.2 Å². The van der Waals surface area contributed by atoms with Gasteiger partial charge >= 0.3 is 12.0 Å². The molecule has 3 aromatic rings. The van der Waals surface area contributed by atoms with E-state index in [-0.39, 0.29) is 24.5 Å². The van der Waals surface area contributed by atoms with E-state index in [0.717, 1.165) is 5.56 Å². The number of nitro groups is 1. The van der Waals surface area contributed by atoms with Crippen molar-refractivity contribution in [3.05, 3.63) is 98.7 Å². The van der Waals surface area contributed by atoms with Crippen LogP contribution in [0.3, 0.4) is 0 Å². The highest BCUT2D eigenvalue weighted by atomic mass is 16.6. The monoisotopic (exact) mass is 649 g/mol. The fraction of sp³-hybridized carbons (Fsp3) is 0.281. The van der Waals surface area contributed by atoms with Crippen LogP contribution in [0.1, 0.15) is 36.6 Å². The molecule has 0 bridgehead atoms. The number of hydrogen-bond donors (Lipinski definition) is 4. The van der Waals surface area contributed by atoms with Crippen LogP contribution >= 0.6 is 0 Å². The van der Waals surface area contributed by atoms with Crippen LogP contribution in [-0.2, 0) is 16.1 Å². The summed E-state index contributed by atoms with van der Waals surface area (Å²) in [5.41, 5.74) is 5.19. The fourth-order valence-electron chi connectivity index (χ4n) is 4.58. The van der Waals surface area contributed by atoms with Gasteiger partial charge < -0.3 is 39.4 Å². The van der Waals surface area contributed by atoms with Crippen molar-refractivity contribution in [2.45, 2.75) is 32.7 Å². The number of hydrazone groups is 1. The highest BCUT2D eigenvalue weighted by Crippen LogP contribution is 2.35. The van der Waals surface area contributed by atoms with Crippen LogP contribution in [0.2, 0.25) is 0 Å². The Balaban J connectivity index is 1.35. The number of aliphatic hydroxyl groups is 1. The molecule has 2 atom stereocenters. The zero-order chi connectivity index (χ0) is 33.9. The lowest BCUT2D eigenvalue weighted by atomic mass is 9.95. The highest BCUT2D eigenvalue weighted by molar-refractivity contribution is 5.95. The molecule has 4 rings (SSSR count). The maximum Gasteiger partial charge on any atom is 0.337 e. The Labute approximate surface area is 270 Å². The first-order valence-electron chi connectivity index (χ1n) is 14.4. The van der Waals surface area contributed by atoms with Crippen LogP contribution in [0.15, 0.2) is 77.0 Å². The number of non-ortho nitro benzene ring substituents is 1. The third kappa shape index (κ3) is 8.88. The average Bonchev–Trinajstić information content (AvgIpc) is 3.06. The van der Waals surface area contributed by atoms with Crippen molar-refractivity contribution in [2.24, 2.45) is 5.10 Å². The molecule has 2 amide bonds. The second kappa shape index (κ2) is 15.9. The summed E-state index contributed by atoms with van der Waals surface area (Å²) in [6.07, 6.45) is 0.292. The van der Waals surface area contributed by atoms with Crippen molar-refractivity contribution in [3.63, 3.8) is 0 Å². The smallest absolute Gasteiger partial charge is 0.337 e. The number of nitrogens with zero attached hydrogens (tertiary/aromatic N) is 2. The molecule has 1 heterocycles. The average molecular weight is 650 g/mol. The molecular weight excluding hydrogens is 614 g/mol. The molecule has 0 saturated carbocycles. The Morgan fingerprint density at radius 2 is 1.77 bits per heavy atom. The first kappa shape index (κ1) is 34.1. The molecule has 47 heavy (non-hydrogen) atoms. The summed E-state index contributed by atoms with van der Waals surface area (Å²) in [6.45, 7) is 3.72. The maximum atomic E-state index is 12.4. The van der Waals surface area contributed by atoms with Crippen molar-refractivity contribution >= 4 is 23.9 Å². The SMILES string of the molecule is CCOc1cc([C@H]2NC(=O)NC(C)=C2C(=O)OC)ccc1OC[C@H](O)N/N=C\c1ccc(OCc2ccc([N+](=O)[O-])cc2)c(OC)c1. The normalized spacial score (nSPS) is 14.9. The van der Waals surface area contributed by atoms with Crippen molar-refractivity contribution in [1.29, 1.82) is 0 Å². The largest absolute Gasteiger partial charge is 0.493 e. The molecule has 0 saturated heterocycles. The number of ether oxygens (including phenoxy) is 5. The molecule has 0 spiro atoms. The lowest BCUT2D eigenvalue weighted by molar-refractivity contribution is -0.384. The highest BCUT2D eigenvalue weighted by Gasteiger charge is 2.32. The summed E-state index contributed by atoms with van der Waals surface area (Å²) < 4.78 is 27.7. The molecule has 1 aliphatic rings. The van der Waals surface area contributed by atoms with Gasteiger partial charge in [0.1, 0.15) is 13.2 Å². The number of esters is 1. The number of benzene rings is 3. The van der Waals surface area contributed by atoms with Crippen molar-refractivity contribution in [1.82, 2.24) is 16.1 Å². The molecular formula is C32H35N5O10. The Hall–Kier alpha value is -5.83. The number of allylic oxidation sites excluding steroid dienone is 1. The van der Waals surface area contributed by atoms with Gasteiger partial charge in [-0.25, -0.2) is 9.59 Å². The van der Waals surface area contributed by atoms with Crippen LogP contribution < -0.4 is 35.0 Å². The van der Waals surface area contributed by atoms with Crippen molar-refractivity contribution in [3.8, 4) is 23.0 Å². The standard InChI is InChI=1S/C32H35N5O10/c1-5-45-27-15-22(30-29(31(39)44-4)19(2)34-32(40)35-30)9-13-25(27)47-18-28(38)36-33-16-21-8-12-24(26(14-21)43-3)46-17-20-6-10-23(11-7-20)37(41)42/h6-16,28,30,36,38H,5,17-18H2,1-4H3,(H2,34,35,40)/b33-16-/t28-,30+/m0/s1. The molecule has 4 N–H and O–H groups in total. The van der Waals surface area contributed by atoms with E-state index in [1.54, 1.807) is 62.4 Å². The Morgan fingerprint density at radius 3 is 2.45 bits per heavy atom. The molecule has 0 aliphatic carbocycles. The minimum Gasteiger partial charge on any atom is -0.493 e. The van der Waals surface area contributed by atoms with Gasteiger partial charge in [-0.3, -0.25) is 15.5 Å². The molecule has 1 aliphatic heterocycles. The van der Waals surface area contributed by atoms with Gasteiger partial charge in [-0.15, -0.1) is 0 Å². The summed E-state index contributed by atoms with van der Waals surface area (Å²) in [5.74, 6) is 1.000. The molecule has 248 valence electrons. The summed E-state index contributed by atoms with van der Waals surface area (Å²) in [5, 5.41) is 30.7. The molecule has 15 nitrogen and oxygen atoms in total. The van der Waals surface area contributed by atoms with Gasteiger partial charge in [-0.1, -0.05) is 6.07 Å². The van der Waals surface area contributed by atoms with Gasteiger partial charge in [-0.05, 0) is 73.0 Å². The minimum atomic E-state index is -1.19.